The maximum Gasteiger partial charge on any atom is 0.211 e. The van der Waals surface area contributed by atoms with Crippen molar-refractivity contribution in [3.8, 4) is 11.3 Å². The molecule has 188 valence electrons. The zero-order valence-corrected chi connectivity index (χ0v) is 22.2. The van der Waals surface area contributed by atoms with E-state index in [0.717, 1.165) is 63.3 Å². The van der Waals surface area contributed by atoms with E-state index in [2.05, 4.69) is 34.6 Å². The van der Waals surface area contributed by atoms with Gasteiger partial charge in [-0.3, -0.25) is 4.40 Å². The Balaban J connectivity index is 1.34. The van der Waals surface area contributed by atoms with Crippen LogP contribution in [0.1, 0.15) is 47.4 Å². The first-order chi connectivity index (χ1) is 17.2. The van der Waals surface area contributed by atoms with Gasteiger partial charge in [0.15, 0.2) is 5.13 Å². The van der Waals surface area contributed by atoms with E-state index in [1.54, 1.807) is 21.7 Å². The number of aromatic nitrogens is 3. The molecule has 3 aromatic heterocycles. The highest BCUT2D eigenvalue weighted by Gasteiger charge is 2.28. The lowest BCUT2D eigenvalue weighted by Crippen LogP contribution is -2.37. The van der Waals surface area contributed by atoms with Crippen molar-refractivity contribution in [1.82, 2.24) is 18.7 Å². The van der Waals surface area contributed by atoms with Gasteiger partial charge in [-0.15, -0.1) is 11.3 Å². The molecule has 10 heteroatoms. The van der Waals surface area contributed by atoms with Crippen LogP contribution in [0.5, 0.6) is 0 Å². The van der Waals surface area contributed by atoms with Gasteiger partial charge in [0.05, 0.1) is 17.6 Å². The molecule has 1 aliphatic heterocycles. The van der Waals surface area contributed by atoms with Crippen LogP contribution in [0.3, 0.4) is 0 Å². The Morgan fingerprint density at radius 1 is 1.17 bits per heavy atom. The number of piperidine rings is 1. The largest absolute Gasteiger partial charge is 0.305 e. The summed E-state index contributed by atoms with van der Waals surface area (Å²) in [5, 5.41) is 0.887. The first kappa shape index (κ1) is 23.6. The number of halogens is 1. The number of nitrogens with zero attached hydrogens (tertiary/aromatic N) is 5. The minimum Gasteiger partial charge on any atom is -0.305 e. The predicted molar refractivity (Wildman–Crippen MR) is 141 cm³/mol. The molecule has 0 amide bonds. The van der Waals surface area contributed by atoms with E-state index in [-0.39, 0.29) is 5.82 Å². The predicted octanol–water partition coefficient (Wildman–Crippen LogP) is 4.97. The lowest BCUT2D eigenvalue weighted by molar-refractivity contribution is 0.321. The van der Waals surface area contributed by atoms with Gasteiger partial charge in [-0.05, 0) is 60.6 Å². The van der Waals surface area contributed by atoms with Crippen LogP contribution in [-0.2, 0) is 22.9 Å². The van der Waals surface area contributed by atoms with Crippen molar-refractivity contribution in [1.29, 1.82) is 0 Å². The Labute approximate surface area is 214 Å². The number of hydrogen-bond donors (Lipinski definition) is 0. The number of hydrogen-bond acceptors (Lipinski definition) is 6. The summed E-state index contributed by atoms with van der Waals surface area (Å²) in [4.78, 5) is 13.1. The molecule has 1 saturated heterocycles. The molecule has 4 heterocycles. The van der Waals surface area contributed by atoms with Crippen molar-refractivity contribution in [2.24, 2.45) is 0 Å². The van der Waals surface area contributed by atoms with Crippen LogP contribution in [0.25, 0.3) is 16.9 Å². The third-order valence-electron chi connectivity index (χ3n) is 7.38. The van der Waals surface area contributed by atoms with Gasteiger partial charge >= 0.3 is 0 Å². The van der Waals surface area contributed by atoms with E-state index in [4.69, 9.17) is 9.97 Å². The summed E-state index contributed by atoms with van der Waals surface area (Å²) in [6.07, 6.45) is 6.54. The average Bonchev–Trinajstić information content (AvgIpc) is 3.53. The second-order valence-corrected chi connectivity index (χ2v) is 12.7. The van der Waals surface area contributed by atoms with Crippen LogP contribution in [0, 0.1) is 5.82 Å². The zero-order chi connectivity index (χ0) is 25.2. The smallest absolute Gasteiger partial charge is 0.211 e. The number of benzene rings is 1. The fourth-order valence-electron chi connectivity index (χ4n) is 5.47. The molecule has 7 nitrogen and oxygen atoms in total. The third kappa shape index (κ3) is 3.91. The van der Waals surface area contributed by atoms with Gasteiger partial charge in [0, 0.05) is 43.2 Å². The lowest BCUT2D eigenvalue weighted by atomic mass is 9.91. The minimum absolute atomic E-state index is 0.211. The summed E-state index contributed by atoms with van der Waals surface area (Å²) >= 11 is 1.64. The summed E-state index contributed by atoms with van der Waals surface area (Å²) in [5.74, 6) is 1.09. The third-order valence-corrected chi connectivity index (χ3v) is 9.81. The van der Waals surface area contributed by atoms with Crippen LogP contribution in [0.15, 0.2) is 36.5 Å². The van der Waals surface area contributed by atoms with Crippen LogP contribution >= 0.6 is 11.3 Å². The molecule has 0 radical (unpaired) electrons. The number of rotatable bonds is 5. The number of anilines is 2. The molecule has 2 aliphatic rings. The van der Waals surface area contributed by atoms with Gasteiger partial charge in [-0.1, -0.05) is 13.0 Å². The number of aryl methyl sites for hydroxylation is 1. The molecular weight excluding hydrogens is 497 g/mol. The van der Waals surface area contributed by atoms with Crippen molar-refractivity contribution in [2.45, 2.75) is 38.5 Å². The maximum atomic E-state index is 13.7. The van der Waals surface area contributed by atoms with Gasteiger partial charge in [0.25, 0.3) is 0 Å². The maximum absolute atomic E-state index is 13.7. The zero-order valence-electron chi connectivity index (χ0n) is 20.5. The van der Waals surface area contributed by atoms with Crippen LogP contribution in [0.4, 0.5) is 15.3 Å². The monoisotopic (exact) mass is 525 g/mol. The van der Waals surface area contributed by atoms with E-state index in [1.807, 2.05) is 13.1 Å². The van der Waals surface area contributed by atoms with Gasteiger partial charge in [0.1, 0.15) is 17.3 Å². The SMILES string of the molecule is CCc1nc2ccc(C3CCN(S(C)(=O)=O)CC3)cn2c1N(C)c1nc2c(s1)Cc1cc(F)ccc1-2. The molecule has 4 aromatic rings. The first-order valence-electron chi connectivity index (χ1n) is 12.2. The number of pyridine rings is 1. The summed E-state index contributed by atoms with van der Waals surface area (Å²) < 4.78 is 41.2. The molecule has 0 saturated carbocycles. The molecular formula is C26H28FN5O2S2. The van der Waals surface area contributed by atoms with Gasteiger partial charge < -0.3 is 4.90 Å². The quantitative estimate of drug-likeness (QED) is 0.324. The highest BCUT2D eigenvalue weighted by Crippen LogP contribution is 2.44. The fourth-order valence-corrected chi connectivity index (χ4v) is 7.40. The lowest BCUT2D eigenvalue weighted by Gasteiger charge is -2.30. The van der Waals surface area contributed by atoms with Crippen molar-refractivity contribution < 1.29 is 12.8 Å². The van der Waals surface area contributed by atoms with Crippen LogP contribution in [-0.4, -0.2) is 53.5 Å². The Kier molecular flexibility index (Phi) is 5.66. The molecule has 0 N–H and O–H groups in total. The molecule has 1 aliphatic carbocycles. The molecule has 0 unspecified atom stereocenters. The van der Waals surface area contributed by atoms with Crippen LogP contribution in [0.2, 0.25) is 0 Å². The summed E-state index contributed by atoms with van der Waals surface area (Å²) in [6, 6.07) is 9.11. The molecule has 6 rings (SSSR count). The van der Waals surface area contributed by atoms with Gasteiger partial charge in [-0.25, -0.2) is 27.1 Å². The topological polar surface area (TPSA) is 70.8 Å². The van der Waals surface area contributed by atoms with Crippen molar-refractivity contribution in [3.05, 3.63) is 64.0 Å². The summed E-state index contributed by atoms with van der Waals surface area (Å²) in [5.41, 5.74) is 6.03. The molecule has 1 fully saturated rings. The van der Waals surface area contributed by atoms with E-state index in [9.17, 15) is 12.8 Å². The number of sulfonamides is 1. The number of fused-ring (bicyclic) bond motifs is 4. The standard InChI is InChI=1S/C26H28FN5O2S2/c1-4-21-25(30(2)26-29-24-20-7-6-19(27)13-18(20)14-22(24)35-26)32-15-17(5-8-23(32)28-21)16-9-11-31(12-10-16)36(3,33)34/h5-8,13,15-16H,4,9-12,14H2,1-3H3. The first-order valence-corrected chi connectivity index (χ1v) is 14.9. The highest BCUT2D eigenvalue weighted by atomic mass is 32.2. The number of thiazole rings is 1. The Bertz CT molecular complexity index is 1590. The molecule has 0 atom stereocenters. The van der Waals surface area contributed by atoms with E-state index in [0.29, 0.717) is 25.4 Å². The summed E-state index contributed by atoms with van der Waals surface area (Å²) in [7, 11) is -1.12. The highest BCUT2D eigenvalue weighted by molar-refractivity contribution is 7.88. The molecule has 1 aromatic carbocycles. The molecule has 0 spiro atoms. The van der Waals surface area contributed by atoms with Crippen molar-refractivity contribution in [3.63, 3.8) is 0 Å². The van der Waals surface area contributed by atoms with Crippen molar-refractivity contribution >= 4 is 38.0 Å². The Morgan fingerprint density at radius 2 is 1.94 bits per heavy atom. The van der Waals surface area contributed by atoms with Crippen LogP contribution < -0.4 is 4.90 Å². The summed E-state index contributed by atoms with van der Waals surface area (Å²) in [6.45, 7) is 3.20. The molecule has 0 bridgehead atoms. The normalized spacial score (nSPS) is 16.4. The molecule has 36 heavy (non-hydrogen) atoms. The van der Waals surface area contributed by atoms with Crippen molar-refractivity contribution in [2.75, 3.05) is 31.3 Å². The Morgan fingerprint density at radius 3 is 2.67 bits per heavy atom. The fraction of sp³-hybridized carbons (Fsp3) is 0.385. The number of imidazole rings is 1. The van der Waals surface area contributed by atoms with E-state index in [1.165, 1.54) is 17.9 Å². The van der Waals surface area contributed by atoms with Gasteiger partial charge in [-0.2, -0.15) is 0 Å². The van der Waals surface area contributed by atoms with E-state index >= 15 is 0 Å². The average molecular weight is 526 g/mol. The minimum atomic E-state index is -3.15. The second-order valence-electron chi connectivity index (χ2n) is 9.67. The Hall–Kier alpha value is -2.82. The second kappa shape index (κ2) is 8.64. The van der Waals surface area contributed by atoms with E-state index < -0.39 is 10.0 Å². The van der Waals surface area contributed by atoms with Gasteiger partial charge in [0.2, 0.25) is 10.0 Å².